The number of halogens is 2. The fraction of sp³-hybridized carbons (Fsp3) is 0.167. The van der Waals surface area contributed by atoms with E-state index in [-0.39, 0.29) is 12.4 Å². The van der Waals surface area contributed by atoms with Crippen LogP contribution in [-0.2, 0) is 4.74 Å². The molecule has 24 heavy (non-hydrogen) atoms. The smallest absolute Gasteiger partial charge is 0.342 e. The number of esters is 1. The van der Waals surface area contributed by atoms with Gasteiger partial charge in [-0.3, -0.25) is 0 Å². The molecular formula is C18H15BrFNO3. The van der Waals surface area contributed by atoms with E-state index in [0.29, 0.717) is 27.9 Å². The second kappa shape index (κ2) is 6.65. The van der Waals surface area contributed by atoms with Crippen LogP contribution in [0.2, 0.25) is 0 Å². The Bertz CT molecular complexity index is 903. The van der Waals surface area contributed by atoms with Gasteiger partial charge >= 0.3 is 5.97 Å². The fourth-order valence-corrected chi connectivity index (χ4v) is 3.06. The number of fused-ring (bicyclic) bond motifs is 1. The van der Waals surface area contributed by atoms with Crippen LogP contribution in [-0.4, -0.2) is 19.6 Å². The van der Waals surface area contributed by atoms with Gasteiger partial charge in [0, 0.05) is 28.5 Å². The van der Waals surface area contributed by atoms with Crippen LogP contribution >= 0.6 is 15.9 Å². The Morgan fingerprint density at radius 2 is 2.00 bits per heavy atom. The molecule has 3 aromatic rings. The van der Waals surface area contributed by atoms with E-state index < -0.39 is 5.97 Å². The quantitative estimate of drug-likeness (QED) is 0.619. The molecule has 2 aromatic carbocycles. The molecule has 0 spiro atoms. The molecule has 1 N–H and O–H groups in total. The van der Waals surface area contributed by atoms with Crippen LogP contribution in [0, 0.1) is 5.82 Å². The van der Waals surface area contributed by atoms with Crippen LogP contribution in [0.4, 0.5) is 10.1 Å². The molecule has 6 heteroatoms. The Balaban J connectivity index is 2.28. The number of benzene rings is 2. The topological polar surface area (TPSA) is 51.5 Å². The maximum atomic E-state index is 13.2. The minimum atomic E-state index is -0.473. The van der Waals surface area contributed by atoms with E-state index in [0.717, 1.165) is 10.2 Å². The second-order valence-electron chi connectivity index (χ2n) is 5.11. The van der Waals surface area contributed by atoms with Crippen LogP contribution in [0.5, 0.6) is 0 Å². The standard InChI is InChI=1S/C18H15BrFNO3/c1-3-23-18(22)16-12-8-13(19)14(21-2)9-15(12)24-17(16)10-4-6-11(20)7-5-10/h4-9,21H,3H2,1-2H3. The molecule has 1 aromatic heterocycles. The highest BCUT2D eigenvalue weighted by atomic mass is 79.9. The summed E-state index contributed by atoms with van der Waals surface area (Å²) in [7, 11) is 1.79. The first-order chi connectivity index (χ1) is 11.5. The van der Waals surface area contributed by atoms with E-state index in [1.807, 2.05) is 6.07 Å². The minimum absolute atomic E-state index is 0.254. The van der Waals surface area contributed by atoms with Gasteiger partial charge in [-0.1, -0.05) is 0 Å². The van der Waals surface area contributed by atoms with Gasteiger partial charge in [-0.05, 0) is 53.2 Å². The van der Waals surface area contributed by atoms with Crippen molar-refractivity contribution in [1.82, 2.24) is 0 Å². The molecule has 0 atom stereocenters. The molecule has 124 valence electrons. The van der Waals surface area contributed by atoms with Crippen LogP contribution in [0.3, 0.4) is 0 Å². The van der Waals surface area contributed by atoms with Crippen molar-refractivity contribution in [3.05, 3.63) is 52.3 Å². The van der Waals surface area contributed by atoms with E-state index >= 15 is 0 Å². The Hall–Kier alpha value is -2.34. The molecule has 0 aliphatic heterocycles. The molecule has 4 nitrogen and oxygen atoms in total. The average molecular weight is 392 g/mol. The lowest BCUT2D eigenvalue weighted by atomic mass is 10.1. The van der Waals surface area contributed by atoms with Gasteiger partial charge < -0.3 is 14.5 Å². The Labute approximate surface area is 146 Å². The highest BCUT2D eigenvalue weighted by molar-refractivity contribution is 9.10. The van der Waals surface area contributed by atoms with E-state index in [1.165, 1.54) is 12.1 Å². The SMILES string of the molecule is CCOC(=O)c1c(-c2ccc(F)cc2)oc2cc(NC)c(Br)cc12. The van der Waals surface area contributed by atoms with Crippen LogP contribution < -0.4 is 5.32 Å². The largest absolute Gasteiger partial charge is 0.462 e. The number of hydrogen-bond acceptors (Lipinski definition) is 4. The lowest BCUT2D eigenvalue weighted by Gasteiger charge is -2.04. The highest BCUT2D eigenvalue weighted by Crippen LogP contribution is 2.38. The molecule has 0 amide bonds. The van der Waals surface area contributed by atoms with Gasteiger partial charge in [-0.2, -0.15) is 0 Å². The summed E-state index contributed by atoms with van der Waals surface area (Å²) in [5.41, 5.74) is 2.32. The molecular weight excluding hydrogens is 377 g/mol. The van der Waals surface area contributed by atoms with E-state index in [9.17, 15) is 9.18 Å². The number of ether oxygens (including phenoxy) is 1. The molecule has 0 fully saturated rings. The summed E-state index contributed by atoms with van der Waals surface area (Å²) < 4.78 is 25.1. The number of carbonyl (C=O) groups excluding carboxylic acids is 1. The number of nitrogens with one attached hydrogen (secondary N) is 1. The summed E-state index contributed by atoms with van der Waals surface area (Å²) in [5.74, 6) is -0.462. The van der Waals surface area contributed by atoms with Gasteiger partial charge in [0.2, 0.25) is 0 Å². The Kier molecular flexibility index (Phi) is 4.57. The number of anilines is 1. The molecule has 0 aliphatic carbocycles. The Morgan fingerprint density at radius 1 is 1.29 bits per heavy atom. The molecule has 0 saturated heterocycles. The molecule has 3 rings (SSSR count). The zero-order valence-electron chi connectivity index (χ0n) is 13.2. The summed E-state index contributed by atoms with van der Waals surface area (Å²) in [5, 5.41) is 3.68. The minimum Gasteiger partial charge on any atom is -0.462 e. The summed E-state index contributed by atoms with van der Waals surface area (Å²) in [6.07, 6.45) is 0. The van der Waals surface area contributed by atoms with Crippen molar-refractivity contribution in [3.63, 3.8) is 0 Å². The van der Waals surface area contributed by atoms with Crippen molar-refractivity contribution < 1.29 is 18.3 Å². The van der Waals surface area contributed by atoms with Crippen molar-refractivity contribution in [2.45, 2.75) is 6.92 Å². The van der Waals surface area contributed by atoms with Crippen LogP contribution in [0.15, 0.2) is 45.3 Å². The van der Waals surface area contributed by atoms with Crippen molar-refractivity contribution in [2.75, 3.05) is 19.0 Å². The van der Waals surface area contributed by atoms with Crippen molar-refractivity contribution >= 4 is 38.6 Å². The van der Waals surface area contributed by atoms with Crippen molar-refractivity contribution in [1.29, 1.82) is 0 Å². The lowest BCUT2D eigenvalue weighted by molar-refractivity contribution is 0.0529. The van der Waals surface area contributed by atoms with Gasteiger partial charge in [0.15, 0.2) is 0 Å². The van der Waals surface area contributed by atoms with Crippen LogP contribution in [0.1, 0.15) is 17.3 Å². The summed E-state index contributed by atoms with van der Waals surface area (Å²) in [6, 6.07) is 9.41. The lowest BCUT2D eigenvalue weighted by Crippen LogP contribution is -2.05. The predicted octanol–water partition coefficient (Wildman–Crippen LogP) is 5.22. The maximum Gasteiger partial charge on any atom is 0.342 e. The first kappa shape index (κ1) is 16.5. The number of furan rings is 1. The highest BCUT2D eigenvalue weighted by Gasteiger charge is 2.24. The number of rotatable bonds is 4. The first-order valence-corrected chi connectivity index (χ1v) is 8.21. The van der Waals surface area contributed by atoms with Gasteiger partial charge in [-0.25, -0.2) is 9.18 Å². The summed E-state index contributed by atoms with van der Waals surface area (Å²) in [4.78, 5) is 12.5. The molecule has 0 radical (unpaired) electrons. The van der Waals surface area contributed by atoms with Gasteiger partial charge in [0.05, 0.1) is 12.3 Å². The zero-order valence-corrected chi connectivity index (χ0v) is 14.7. The third kappa shape index (κ3) is 2.89. The zero-order chi connectivity index (χ0) is 17.3. The fourth-order valence-electron chi connectivity index (χ4n) is 2.52. The monoisotopic (exact) mass is 391 g/mol. The summed E-state index contributed by atoms with van der Waals surface area (Å²) in [6.45, 7) is 2.00. The normalized spacial score (nSPS) is 10.8. The third-order valence-electron chi connectivity index (χ3n) is 3.63. The number of hydrogen-bond donors (Lipinski definition) is 1. The maximum absolute atomic E-state index is 13.2. The summed E-state index contributed by atoms with van der Waals surface area (Å²) >= 11 is 3.47. The van der Waals surface area contributed by atoms with Crippen molar-refractivity contribution in [3.8, 4) is 11.3 Å². The van der Waals surface area contributed by atoms with Gasteiger partial charge in [0.25, 0.3) is 0 Å². The molecule has 0 aliphatic rings. The molecule has 0 bridgehead atoms. The third-order valence-corrected chi connectivity index (χ3v) is 4.29. The van der Waals surface area contributed by atoms with Gasteiger partial charge in [0.1, 0.15) is 22.7 Å². The van der Waals surface area contributed by atoms with E-state index in [1.54, 1.807) is 32.2 Å². The van der Waals surface area contributed by atoms with E-state index in [4.69, 9.17) is 9.15 Å². The second-order valence-corrected chi connectivity index (χ2v) is 5.97. The molecule has 1 heterocycles. The van der Waals surface area contributed by atoms with E-state index in [2.05, 4.69) is 21.2 Å². The van der Waals surface area contributed by atoms with Crippen LogP contribution in [0.25, 0.3) is 22.3 Å². The number of carbonyl (C=O) groups is 1. The predicted molar refractivity (Wildman–Crippen MR) is 94.8 cm³/mol. The van der Waals surface area contributed by atoms with Crippen molar-refractivity contribution in [2.24, 2.45) is 0 Å². The first-order valence-electron chi connectivity index (χ1n) is 7.42. The molecule has 0 unspecified atom stereocenters. The van der Waals surface area contributed by atoms with Gasteiger partial charge in [-0.15, -0.1) is 0 Å². The average Bonchev–Trinajstić information content (AvgIpc) is 2.93. The molecule has 0 saturated carbocycles. The Morgan fingerprint density at radius 3 is 2.62 bits per heavy atom.